The number of hydrogen-bond donors (Lipinski definition) is 1. The van der Waals surface area contributed by atoms with Crippen LogP contribution >= 0.6 is 0 Å². The number of ether oxygens (including phenoxy) is 2. The maximum absolute atomic E-state index is 12.3. The van der Waals surface area contributed by atoms with E-state index < -0.39 is 17.5 Å². The van der Waals surface area contributed by atoms with Crippen molar-refractivity contribution in [3.8, 4) is 0 Å². The zero-order valence-corrected chi connectivity index (χ0v) is 14.0. The number of aromatic nitrogens is 1. The van der Waals surface area contributed by atoms with E-state index in [1.54, 1.807) is 13.0 Å². The number of anilines is 1. The summed E-state index contributed by atoms with van der Waals surface area (Å²) in [6.07, 6.45) is 2.48. The Balaban J connectivity index is 3.06. The third kappa shape index (κ3) is 4.84. The van der Waals surface area contributed by atoms with Crippen molar-refractivity contribution < 1.29 is 23.6 Å². The van der Waals surface area contributed by atoms with Gasteiger partial charge in [-0.05, 0) is 25.7 Å². The molecule has 1 aromatic heterocycles. The van der Waals surface area contributed by atoms with Gasteiger partial charge in [-0.3, -0.25) is 0 Å². The summed E-state index contributed by atoms with van der Waals surface area (Å²) in [5, 5.41) is 6.66. The number of nitrogens with zero attached hydrogens (tertiary/aromatic N) is 1. The molecule has 0 saturated heterocycles. The van der Waals surface area contributed by atoms with E-state index >= 15 is 0 Å². The summed E-state index contributed by atoms with van der Waals surface area (Å²) in [5.41, 5.74) is -0.993. The minimum Gasteiger partial charge on any atom is -0.467 e. The first-order valence-electron chi connectivity index (χ1n) is 7.49. The lowest BCUT2D eigenvalue weighted by molar-refractivity contribution is -0.146. The predicted molar refractivity (Wildman–Crippen MR) is 85.1 cm³/mol. The Labute approximate surface area is 136 Å². The summed E-state index contributed by atoms with van der Waals surface area (Å²) >= 11 is 0. The van der Waals surface area contributed by atoms with Crippen LogP contribution in [-0.2, 0) is 14.3 Å². The Morgan fingerprint density at radius 2 is 2.22 bits per heavy atom. The molecule has 0 fully saturated rings. The first-order chi connectivity index (χ1) is 10.9. The minimum atomic E-state index is -1.03. The molecule has 1 aromatic rings. The van der Waals surface area contributed by atoms with Gasteiger partial charge in [-0.1, -0.05) is 25.1 Å². The quantitative estimate of drug-likeness (QED) is 0.551. The fourth-order valence-electron chi connectivity index (χ4n) is 2.41. The first kappa shape index (κ1) is 18.7. The highest BCUT2D eigenvalue weighted by molar-refractivity contribution is 5.88. The van der Waals surface area contributed by atoms with Crippen LogP contribution in [0.4, 0.5) is 5.88 Å². The fraction of sp³-hybridized carbons (Fsp3) is 0.562. The molecule has 0 aliphatic carbocycles. The molecule has 0 aliphatic heterocycles. The van der Waals surface area contributed by atoms with Crippen molar-refractivity contribution in [1.82, 2.24) is 5.16 Å². The van der Waals surface area contributed by atoms with E-state index in [1.807, 2.05) is 13.8 Å². The van der Waals surface area contributed by atoms with Crippen molar-refractivity contribution in [2.24, 2.45) is 5.92 Å². The van der Waals surface area contributed by atoms with Gasteiger partial charge in [-0.15, -0.1) is 6.58 Å². The Kier molecular flexibility index (Phi) is 6.81. The van der Waals surface area contributed by atoms with Crippen LogP contribution in [0.15, 0.2) is 23.2 Å². The summed E-state index contributed by atoms with van der Waals surface area (Å²) in [6.45, 7) is 9.63. The van der Waals surface area contributed by atoms with Gasteiger partial charge < -0.3 is 19.3 Å². The van der Waals surface area contributed by atoms with Gasteiger partial charge in [0.05, 0.1) is 13.7 Å². The zero-order valence-electron chi connectivity index (χ0n) is 14.0. The lowest BCUT2D eigenvalue weighted by Crippen LogP contribution is -2.48. The molecule has 0 saturated carbocycles. The summed E-state index contributed by atoms with van der Waals surface area (Å²) in [4.78, 5) is 24.0. The van der Waals surface area contributed by atoms with E-state index in [0.717, 1.165) is 0 Å². The third-order valence-corrected chi connectivity index (χ3v) is 3.18. The molecule has 0 amide bonds. The molecular formula is C16H24N2O5. The average Bonchev–Trinajstić information content (AvgIpc) is 2.94. The van der Waals surface area contributed by atoms with Crippen LogP contribution in [0.3, 0.4) is 0 Å². The van der Waals surface area contributed by atoms with Gasteiger partial charge in [0, 0.05) is 6.07 Å². The van der Waals surface area contributed by atoms with E-state index in [0.29, 0.717) is 12.8 Å². The van der Waals surface area contributed by atoms with Crippen LogP contribution in [0.5, 0.6) is 0 Å². The molecule has 1 rings (SSSR count). The molecule has 0 radical (unpaired) electrons. The molecule has 23 heavy (non-hydrogen) atoms. The molecule has 1 heterocycles. The molecule has 0 spiro atoms. The predicted octanol–water partition coefficient (Wildman–Crippen LogP) is 2.80. The highest BCUT2D eigenvalue weighted by Crippen LogP contribution is 2.28. The maximum Gasteiger partial charge on any atom is 0.360 e. The number of hydrogen-bond acceptors (Lipinski definition) is 7. The number of nitrogens with one attached hydrogen (secondary N) is 1. The highest BCUT2D eigenvalue weighted by Gasteiger charge is 2.40. The normalized spacial score (nSPS) is 13.3. The van der Waals surface area contributed by atoms with Crippen molar-refractivity contribution in [3.63, 3.8) is 0 Å². The van der Waals surface area contributed by atoms with Gasteiger partial charge in [0.25, 0.3) is 0 Å². The molecule has 1 N–H and O–H groups in total. The third-order valence-electron chi connectivity index (χ3n) is 3.18. The van der Waals surface area contributed by atoms with Crippen LogP contribution in [-0.4, -0.2) is 36.4 Å². The van der Waals surface area contributed by atoms with Crippen molar-refractivity contribution in [2.45, 2.75) is 39.2 Å². The molecule has 1 atom stereocenters. The van der Waals surface area contributed by atoms with E-state index in [2.05, 4.69) is 17.1 Å². The highest BCUT2D eigenvalue weighted by atomic mass is 16.5. The molecular weight excluding hydrogens is 300 g/mol. The van der Waals surface area contributed by atoms with Crippen LogP contribution < -0.4 is 5.32 Å². The van der Waals surface area contributed by atoms with Crippen molar-refractivity contribution in [2.75, 3.05) is 19.0 Å². The lowest BCUT2D eigenvalue weighted by atomic mass is 9.85. The number of methoxy groups -OCH3 is 1. The second-order valence-corrected chi connectivity index (χ2v) is 5.59. The minimum absolute atomic E-state index is 0.0382. The second kappa shape index (κ2) is 8.36. The van der Waals surface area contributed by atoms with Gasteiger partial charge in [-0.2, -0.15) is 0 Å². The van der Waals surface area contributed by atoms with Crippen LogP contribution in [0.25, 0.3) is 0 Å². The molecule has 7 nitrogen and oxygen atoms in total. The number of esters is 2. The standard InChI is InChI=1S/C16H24N2O5/c1-6-8-16(10-11(3)4,15(20)21-5)17-13-9-12(18-23-13)14(19)22-7-2/h6,9,11,17H,1,7-8,10H2,2-5H3. The molecule has 0 aromatic carbocycles. The summed E-state index contributed by atoms with van der Waals surface area (Å²) in [6, 6.07) is 1.40. The van der Waals surface area contributed by atoms with E-state index in [-0.39, 0.29) is 24.1 Å². The topological polar surface area (TPSA) is 90.7 Å². The summed E-state index contributed by atoms with van der Waals surface area (Å²) in [7, 11) is 1.33. The Morgan fingerprint density at radius 3 is 2.74 bits per heavy atom. The molecule has 7 heteroatoms. The summed E-state index contributed by atoms with van der Waals surface area (Å²) in [5.74, 6) is -0.601. The SMILES string of the molecule is C=CCC(CC(C)C)(Nc1cc(C(=O)OCC)no1)C(=O)OC. The average molecular weight is 324 g/mol. The number of carbonyl (C=O) groups excluding carboxylic acids is 2. The van der Waals surface area contributed by atoms with Gasteiger partial charge >= 0.3 is 11.9 Å². The molecule has 1 unspecified atom stereocenters. The van der Waals surface area contributed by atoms with Gasteiger partial charge in [0.2, 0.25) is 5.88 Å². The van der Waals surface area contributed by atoms with Gasteiger partial charge in [-0.25, -0.2) is 9.59 Å². The van der Waals surface area contributed by atoms with E-state index in [4.69, 9.17) is 14.0 Å². The fourth-order valence-corrected chi connectivity index (χ4v) is 2.41. The Morgan fingerprint density at radius 1 is 1.52 bits per heavy atom. The van der Waals surface area contributed by atoms with Gasteiger partial charge in [0.15, 0.2) is 5.69 Å². The molecule has 0 aliphatic rings. The van der Waals surface area contributed by atoms with Gasteiger partial charge in [0.1, 0.15) is 5.54 Å². The van der Waals surface area contributed by atoms with Crippen LogP contribution in [0.2, 0.25) is 0 Å². The molecule has 0 bridgehead atoms. The van der Waals surface area contributed by atoms with Crippen molar-refractivity contribution >= 4 is 17.8 Å². The summed E-state index contributed by atoms with van der Waals surface area (Å²) < 4.78 is 14.9. The van der Waals surface area contributed by atoms with Crippen molar-refractivity contribution in [3.05, 3.63) is 24.4 Å². The van der Waals surface area contributed by atoms with Crippen molar-refractivity contribution in [1.29, 1.82) is 0 Å². The molecule has 128 valence electrons. The van der Waals surface area contributed by atoms with E-state index in [1.165, 1.54) is 13.2 Å². The van der Waals surface area contributed by atoms with Crippen LogP contribution in [0, 0.1) is 5.92 Å². The first-order valence-corrected chi connectivity index (χ1v) is 7.49. The number of carbonyl (C=O) groups is 2. The lowest BCUT2D eigenvalue weighted by Gasteiger charge is -2.32. The Bertz CT molecular complexity index is 552. The second-order valence-electron chi connectivity index (χ2n) is 5.59. The number of rotatable bonds is 9. The maximum atomic E-state index is 12.3. The largest absolute Gasteiger partial charge is 0.467 e. The zero-order chi connectivity index (χ0) is 17.5. The smallest absolute Gasteiger partial charge is 0.360 e. The van der Waals surface area contributed by atoms with E-state index in [9.17, 15) is 9.59 Å². The monoisotopic (exact) mass is 324 g/mol. The van der Waals surface area contributed by atoms with Crippen LogP contribution in [0.1, 0.15) is 44.1 Å². The Hall–Kier alpha value is -2.31.